The van der Waals surface area contributed by atoms with E-state index in [0.717, 1.165) is 0 Å². The second-order valence-electron chi connectivity index (χ2n) is 4.17. The molecule has 0 aliphatic heterocycles. The summed E-state index contributed by atoms with van der Waals surface area (Å²) in [6.45, 7) is 2.99. The molecule has 0 saturated heterocycles. The first-order valence-corrected chi connectivity index (χ1v) is 5.74. The summed E-state index contributed by atoms with van der Waals surface area (Å²) in [5.74, 6) is -2.39. The van der Waals surface area contributed by atoms with E-state index in [1.807, 2.05) is 0 Å². The maximum absolute atomic E-state index is 14.1. The number of nitrogens with two attached hydrogens (primary N) is 1. The summed E-state index contributed by atoms with van der Waals surface area (Å²) in [5.41, 5.74) is 6.46. The largest absolute Gasteiger partial charge is 0.496 e. The van der Waals surface area contributed by atoms with Gasteiger partial charge in [-0.05, 0) is 13.8 Å². The molecule has 0 saturated carbocycles. The quantitative estimate of drug-likeness (QED) is 0.849. The standard InChI is InChI=1S/C13H18FNO4/c1-6-9(8(5-15)13(16)17)11(18-3)7(2)10(14)12(6)19-4/h8H,5,15H2,1-4H3,(H,16,17). The zero-order valence-electron chi connectivity index (χ0n) is 11.4. The molecule has 0 fully saturated rings. The summed E-state index contributed by atoms with van der Waals surface area (Å²) in [4.78, 5) is 11.3. The van der Waals surface area contributed by atoms with Gasteiger partial charge in [-0.25, -0.2) is 4.39 Å². The molecule has 5 nitrogen and oxygen atoms in total. The molecule has 0 radical (unpaired) electrons. The summed E-state index contributed by atoms with van der Waals surface area (Å²) in [5, 5.41) is 9.22. The first-order chi connectivity index (χ1) is 8.90. The third-order valence-corrected chi connectivity index (χ3v) is 3.15. The number of carboxylic acids is 1. The Kier molecular flexibility index (Phi) is 4.72. The molecule has 1 unspecified atom stereocenters. The van der Waals surface area contributed by atoms with Gasteiger partial charge in [-0.1, -0.05) is 0 Å². The highest BCUT2D eigenvalue weighted by molar-refractivity contribution is 5.79. The summed E-state index contributed by atoms with van der Waals surface area (Å²) < 4.78 is 24.2. The number of hydrogen-bond donors (Lipinski definition) is 2. The maximum atomic E-state index is 14.1. The van der Waals surface area contributed by atoms with E-state index in [-0.39, 0.29) is 23.6 Å². The third kappa shape index (κ3) is 2.49. The van der Waals surface area contributed by atoms with Crippen LogP contribution in [0.3, 0.4) is 0 Å². The van der Waals surface area contributed by atoms with E-state index in [2.05, 4.69) is 0 Å². The molecule has 1 atom stereocenters. The molecular weight excluding hydrogens is 253 g/mol. The lowest BCUT2D eigenvalue weighted by Gasteiger charge is -2.22. The Hall–Kier alpha value is -1.82. The molecule has 3 N–H and O–H groups in total. The highest BCUT2D eigenvalue weighted by atomic mass is 19.1. The minimum absolute atomic E-state index is 0.0213. The summed E-state index contributed by atoms with van der Waals surface area (Å²) in [6, 6.07) is 0. The van der Waals surface area contributed by atoms with Gasteiger partial charge in [0.25, 0.3) is 0 Å². The molecule has 19 heavy (non-hydrogen) atoms. The number of methoxy groups -OCH3 is 2. The first-order valence-electron chi connectivity index (χ1n) is 5.74. The zero-order chi connectivity index (χ0) is 14.7. The molecule has 0 aliphatic rings. The Morgan fingerprint density at radius 3 is 2.16 bits per heavy atom. The van der Waals surface area contributed by atoms with Gasteiger partial charge in [0.2, 0.25) is 0 Å². The van der Waals surface area contributed by atoms with E-state index in [1.165, 1.54) is 21.1 Å². The Morgan fingerprint density at radius 1 is 1.26 bits per heavy atom. The number of halogens is 1. The lowest BCUT2D eigenvalue weighted by Crippen LogP contribution is -2.23. The van der Waals surface area contributed by atoms with Crippen LogP contribution in [0.25, 0.3) is 0 Å². The minimum atomic E-state index is -1.09. The number of hydrogen-bond acceptors (Lipinski definition) is 4. The fourth-order valence-electron chi connectivity index (χ4n) is 2.20. The topological polar surface area (TPSA) is 81.8 Å². The van der Waals surface area contributed by atoms with E-state index in [4.69, 9.17) is 15.2 Å². The van der Waals surface area contributed by atoms with Crippen LogP contribution in [0.4, 0.5) is 4.39 Å². The van der Waals surface area contributed by atoms with Crippen LogP contribution in [0.5, 0.6) is 11.5 Å². The van der Waals surface area contributed by atoms with Crippen molar-refractivity contribution in [1.29, 1.82) is 0 Å². The molecule has 1 rings (SSSR count). The van der Waals surface area contributed by atoms with E-state index >= 15 is 0 Å². The monoisotopic (exact) mass is 271 g/mol. The van der Waals surface area contributed by atoms with Crippen LogP contribution in [-0.4, -0.2) is 31.8 Å². The van der Waals surface area contributed by atoms with Gasteiger partial charge in [0, 0.05) is 23.2 Å². The number of carbonyl (C=O) groups is 1. The molecule has 1 aromatic carbocycles. The van der Waals surface area contributed by atoms with E-state index in [1.54, 1.807) is 6.92 Å². The Morgan fingerprint density at radius 2 is 1.79 bits per heavy atom. The van der Waals surface area contributed by atoms with Gasteiger partial charge in [-0.15, -0.1) is 0 Å². The zero-order valence-corrected chi connectivity index (χ0v) is 11.4. The molecule has 0 aliphatic carbocycles. The summed E-state index contributed by atoms with van der Waals surface area (Å²) >= 11 is 0. The highest BCUT2D eigenvalue weighted by Gasteiger charge is 2.29. The van der Waals surface area contributed by atoms with Crippen molar-refractivity contribution in [3.05, 3.63) is 22.5 Å². The van der Waals surface area contributed by atoms with E-state index in [9.17, 15) is 14.3 Å². The Bertz CT molecular complexity index is 502. The van der Waals surface area contributed by atoms with Gasteiger partial charge in [0.05, 0.1) is 20.1 Å². The predicted octanol–water partition coefficient (Wildman–Crippen LogP) is 1.59. The summed E-state index contributed by atoms with van der Waals surface area (Å²) in [6.07, 6.45) is 0. The Balaban J connectivity index is 3.69. The number of benzene rings is 1. The van der Waals surface area contributed by atoms with Crippen molar-refractivity contribution in [1.82, 2.24) is 0 Å². The van der Waals surface area contributed by atoms with Crippen LogP contribution in [0.15, 0.2) is 0 Å². The highest BCUT2D eigenvalue weighted by Crippen LogP contribution is 2.40. The van der Waals surface area contributed by atoms with Crippen molar-refractivity contribution in [2.75, 3.05) is 20.8 Å². The average molecular weight is 271 g/mol. The van der Waals surface area contributed by atoms with Crippen molar-refractivity contribution in [3.8, 4) is 11.5 Å². The van der Waals surface area contributed by atoms with E-state index in [0.29, 0.717) is 11.1 Å². The normalized spacial score (nSPS) is 12.1. The maximum Gasteiger partial charge on any atom is 0.312 e. The fourth-order valence-corrected chi connectivity index (χ4v) is 2.20. The molecule has 1 aromatic rings. The fraction of sp³-hybridized carbons (Fsp3) is 0.462. The second-order valence-corrected chi connectivity index (χ2v) is 4.17. The number of rotatable bonds is 5. The van der Waals surface area contributed by atoms with Crippen molar-refractivity contribution >= 4 is 5.97 Å². The van der Waals surface area contributed by atoms with Crippen LogP contribution in [0.1, 0.15) is 22.6 Å². The second kappa shape index (κ2) is 5.88. The van der Waals surface area contributed by atoms with Crippen LogP contribution in [0.2, 0.25) is 0 Å². The smallest absolute Gasteiger partial charge is 0.312 e. The number of aliphatic carboxylic acids is 1. The SMILES string of the molecule is COc1c(C)c(C(CN)C(=O)O)c(OC)c(C)c1F. The Labute approximate surface area is 111 Å². The van der Waals surface area contributed by atoms with Crippen molar-refractivity contribution in [2.24, 2.45) is 5.73 Å². The molecular formula is C13H18FNO4. The van der Waals surface area contributed by atoms with E-state index < -0.39 is 17.7 Å². The molecule has 6 heteroatoms. The average Bonchev–Trinajstić information content (AvgIpc) is 2.37. The first kappa shape index (κ1) is 15.2. The third-order valence-electron chi connectivity index (χ3n) is 3.15. The molecule has 0 spiro atoms. The molecule has 0 aromatic heterocycles. The molecule has 0 bridgehead atoms. The lowest BCUT2D eigenvalue weighted by atomic mass is 9.90. The predicted molar refractivity (Wildman–Crippen MR) is 68.4 cm³/mol. The number of ether oxygens (including phenoxy) is 2. The minimum Gasteiger partial charge on any atom is -0.496 e. The summed E-state index contributed by atoms with van der Waals surface area (Å²) in [7, 11) is 2.70. The van der Waals surface area contributed by atoms with Gasteiger partial charge in [-0.2, -0.15) is 0 Å². The van der Waals surface area contributed by atoms with Gasteiger partial charge < -0.3 is 20.3 Å². The molecule has 106 valence electrons. The van der Waals surface area contributed by atoms with Crippen LogP contribution in [0, 0.1) is 19.7 Å². The van der Waals surface area contributed by atoms with Gasteiger partial charge in [-0.3, -0.25) is 4.79 Å². The number of carboxylic acid groups (broad SMARTS) is 1. The van der Waals surface area contributed by atoms with Crippen LogP contribution >= 0.6 is 0 Å². The van der Waals surface area contributed by atoms with Crippen molar-refractivity contribution in [2.45, 2.75) is 19.8 Å². The van der Waals surface area contributed by atoms with Crippen molar-refractivity contribution in [3.63, 3.8) is 0 Å². The lowest BCUT2D eigenvalue weighted by molar-refractivity contribution is -0.138. The van der Waals surface area contributed by atoms with Gasteiger partial charge in [0.15, 0.2) is 11.6 Å². The molecule has 0 amide bonds. The van der Waals surface area contributed by atoms with Gasteiger partial charge in [0.1, 0.15) is 5.75 Å². The molecule has 0 heterocycles. The van der Waals surface area contributed by atoms with Crippen molar-refractivity contribution < 1.29 is 23.8 Å². The van der Waals surface area contributed by atoms with Crippen LogP contribution in [-0.2, 0) is 4.79 Å². The van der Waals surface area contributed by atoms with Gasteiger partial charge >= 0.3 is 5.97 Å². The van der Waals surface area contributed by atoms with Crippen LogP contribution < -0.4 is 15.2 Å².